The van der Waals surface area contributed by atoms with Crippen molar-refractivity contribution in [3.63, 3.8) is 0 Å². The Morgan fingerprint density at radius 3 is 2.61 bits per heavy atom. The van der Waals surface area contributed by atoms with Crippen molar-refractivity contribution in [2.45, 2.75) is 6.42 Å². The van der Waals surface area contributed by atoms with Crippen LogP contribution in [0, 0.1) is 5.92 Å². The zero-order valence-corrected chi connectivity index (χ0v) is 13.8. The molecule has 2 saturated heterocycles. The molecule has 1 atom stereocenters. The van der Waals surface area contributed by atoms with E-state index in [-0.39, 0.29) is 5.92 Å². The van der Waals surface area contributed by atoms with E-state index < -0.39 is 10.2 Å². The maximum atomic E-state index is 12.8. The Kier molecular flexibility index (Phi) is 5.54. The molecule has 1 aromatic rings. The van der Waals surface area contributed by atoms with E-state index in [1.165, 1.54) is 14.9 Å². The van der Waals surface area contributed by atoms with Gasteiger partial charge in [0.15, 0.2) is 0 Å². The average Bonchev–Trinajstić information content (AvgIpc) is 2.83. The van der Waals surface area contributed by atoms with Gasteiger partial charge in [-0.25, -0.2) is 9.97 Å². The van der Waals surface area contributed by atoms with Crippen LogP contribution in [0.4, 0.5) is 0 Å². The van der Waals surface area contributed by atoms with Gasteiger partial charge in [0.25, 0.3) is 10.2 Å². The number of nitrogens with zero attached hydrogens (tertiary/aromatic N) is 4. The first-order chi connectivity index (χ1) is 11.2. The number of hydrogen-bond acceptors (Lipinski definition) is 6. The predicted octanol–water partition coefficient (Wildman–Crippen LogP) is -0.455. The first-order valence-electron chi connectivity index (χ1n) is 7.82. The summed E-state index contributed by atoms with van der Waals surface area (Å²) in [6.07, 6.45) is 3.88. The van der Waals surface area contributed by atoms with Crippen LogP contribution in [-0.4, -0.2) is 79.6 Å². The lowest BCUT2D eigenvalue weighted by molar-refractivity contribution is 0.0699. The highest BCUT2D eigenvalue weighted by molar-refractivity contribution is 7.86. The SMILES string of the molecule is O=S(=O)(N1CCOCC1)N1CCOC[C@H](Cc2ccncn2)C1. The normalized spacial score (nSPS) is 25.1. The van der Waals surface area contributed by atoms with E-state index in [9.17, 15) is 8.42 Å². The Morgan fingerprint density at radius 1 is 1.13 bits per heavy atom. The minimum absolute atomic E-state index is 0.0863. The van der Waals surface area contributed by atoms with Crippen LogP contribution in [0.2, 0.25) is 0 Å². The molecule has 0 spiro atoms. The van der Waals surface area contributed by atoms with Crippen molar-refractivity contribution in [3.8, 4) is 0 Å². The molecule has 0 amide bonds. The summed E-state index contributed by atoms with van der Waals surface area (Å²) in [4.78, 5) is 8.12. The summed E-state index contributed by atoms with van der Waals surface area (Å²) in [5, 5.41) is 0. The fraction of sp³-hybridized carbons (Fsp3) is 0.714. The smallest absolute Gasteiger partial charge is 0.282 e. The number of aromatic nitrogens is 2. The molecule has 0 radical (unpaired) electrons. The van der Waals surface area contributed by atoms with E-state index in [1.54, 1.807) is 6.20 Å². The standard InChI is InChI=1S/C14H22N4O4S/c19-23(20,17-3-6-21-7-4-17)18-5-8-22-11-13(10-18)9-14-1-2-15-12-16-14/h1-2,12-13H,3-11H2/t13-/m1/s1. The Morgan fingerprint density at radius 2 is 1.87 bits per heavy atom. The summed E-state index contributed by atoms with van der Waals surface area (Å²) in [5.74, 6) is 0.0863. The minimum Gasteiger partial charge on any atom is -0.380 e. The highest BCUT2D eigenvalue weighted by Crippen LogP contribution is 2.18. The lowest BCUT2D eigenvalue weighted by Crippen LogP contribution is -2.50. The molecular weight excluding hydrogens is 320 g/mol. The molecule has 128 valence electrons. The Hall–Kier alpha value is -1.13. The van der Waals surface area contributed by atoms with Crippen LogP contribution in [-0.2, 0) is 26.1 Å². The molecule has 0 bridgehead atoms. The third-order valence-corrected chi connectivity index (χ3v) is 6.07. The molecule has 0 aliphatic carbocycles. The summed E-state index contributed by atoms with van der Waals surface area (Å²) >= 11 is 0. The second-order valence-corrected chi connectivity index (χ2v) is 7.65. The average molecular weight is 342 g/mol. The molecule has 2 aliphatic heterocycles. The minimum atomic E-state index is -3.46. The number of ether oxygens (including phenoxy) is 2. The first-order valence-corrected chi connectivity index (χ1v) is 9.21. The van der Waals surface area contributed by atoms with Gasteiger partial charge in [0.1, 0.15) is 6.33 Å². The summed E-state index contributed by atoms with van der Waals surface area (Å²) in [5.41, 5.74) is 0.902. The molecule has 3 rings (SSSR count). The second kappa shape index (κ2) is 7.63. The van der Waals surface area contributed by atoms with Crippen LogP contribution in [0.25, 0.3) is 0 Å². The van der Waals surface area contributed by atoms with Gasteiger partial charge in [-0.15, -0.1) is 0 Å². The van der Waals surface area contributed by atoms with Gasteiger partial charge in [0.05, 0.1) is 26.4 Å². The third kappa shape index (κ3) is 4.24. The highest BCUT2D eigenvalue weighted by Gasteiger charge is 2.33. The van der Waals surface area contributed by atoms with E-state index in [4.69, 9.17) is 9.47 Å². The van der Waals surface area contributed by atoms with Gasteiger partial charge >= 0.3 is 0 Å². The van der Waals surface area contributed by atoms with Crippen molar-refractivity contribution in [1.82, 2.24) is 18.6 Å². The van der Waals surface area contributed by atoms with E-state index in [0.29, 0.717) is 59.0 Å². The van der Waals surface area contributed by atoms with Gasteiger partial charge in [0, 0.05) is 44.0 Å². The molecule has 0 aromatic carbocycles. The predicted molar refractivity (Wildman–Crippen MR) is 82.9 cm³/mol. The van der Waals surface area contributed by atoms with Crippen LogP contribution in [0.15, 0.2) is 18.6 Å². The zero-order chi connectivity index (χ0) is 16.1. The molecule has 0 saturated carbocycles. The Labute approximate surface area is 136 Å². The molecule has 2 fully saturated rings. The quantitative estimate of drug-likeness (QED) is 0.736. The summed E-state index contributed by atoms with van der Waals surface area (Å²) in [6.45, 7) is 3.53. The number of morpholine rings is 1. The van der Waals surface area contributed by atoms with Gasteiger partial charge in [-0.2, -0.15) is 17.0 Å². The molecule has 1 aromatic heterocycles. The van der Waals surface area contributed by atoms with Gasteiger partial charge < -0.3 is 9.47 Å². The van der Waals surface area contributed by atoms with Gasteiger partial charge in [-0.1, -0.05) is 0 Å². The van der Waals surface area contributed by atoms with Crippen molar-refractivity contribution >= 4 is 10.2 Å². The van der Waals surface area contributed by atoms with E-state index in [2.05, 4.69) is 9.97 Å². The maximum absolute atomic E-state index is 12.8. The van der Waals surface area contributed by atoms with Crippen molar-refractivity contribution in [2.24, 2.45) is 5.92 Å². The summed E-state index contributed by atoms with van der Waals surface area (Å²) in [6, 6.07) is 1.85. The van der Waals surface area contributed by atoms with E-state index in [0.717, 1.165) is 5.69 Å². The van der Waals surface area contributed by atoms with E-state index >= 15 is 0 Å². The van der Waals surface area contributed by atoms with Crippen LogP contribution in [0.5, 0.6) is 0 Å². The monoisotopic (exact) mass is 342 g/mol. The second-order valence-electron chi connectivity index (χ2n) is 5.72. The van der Waals surface area contributed by atoms with Crippen LogP contribution < -0.4 is 0 Å². The molecule has 3 heterocycles. The molecular formula is C14H22N4O4S. The topological polar surface area (TPSA) is 84.9 Å². The maximum Gasteiger partial charge on any atom is 0.282 e. The van der Waals surface area contributed by atoms with Crippen molar-refractivity contribution in [3.05, 3.63) is 24.3 Å². The molecule has 23 heavy (non-hydrogen) atoms. The van der Waals surface area contributed by atoms with Crippen molar-refractivity contribution in [2.75, 3.05) is 52.6 Å². The van der Waals surface area contributed by atoms with Gasteiger partial charge in [-0.05, 0) is 12.5 Å². The first kappa shape index (κ1) is 16.7. The molecule has 0 unspecified atom stereocenters. The van der Waals surface area contributed by atoms with Crippen LogP contribution >= 0.6 is 0 Å². The molecule has 9 heteroatoms. The van der Waals surface area contributed by atoms with Crippen LogP contribution in [0.3, 0.4) is 0 Å². The number of rotatable bonds is 4. The highest BCUT2D eigenvalue weighted by atomic mass is 32.2. The third-order valence-electron chi connectivity index (χ3n) is 4.06. The molecule has 2 aliphatic rings. The largest absolute Gasteiger partial charge is 0.380 e. The molecule has 8 nitrogen and oxygen atoms in total. The summed E-state index contributed by atoms with van der Waals surface area (Å²) in [7, 11) is -3.46. The lowest BCUT2D eigenvalue weighted by Gasteiger charge is -2.32. The summed E-state index contributed by atoms with van der Waals surface area (Å²) < 4.78 is 39.5. The Bertz CT molecular complexity index is 592. The van der Waals surface area contributed by atoms with Crippen molar-refractivity contribution < 1.29 is 17.9 Å². The van der Waals surface area contributed by atoms with E-state index in [1.807, 2.05) is 6.07 Å². The molecule has 0 N–H and O–H groups in total. The fourth-order valence-corrected chi connectivity index (χ4v) is 4.50. The fourth-order valence-electron chi connectivity index (χ4n) is 2.86. The Balaban J connectivity index is 1.69. The van der Waals surface area contributed by atoms with Gasteiger partial charge in [0.2, 0.25) is 0 Å². The van der Waals surface area contributed by atoms with Gasteiger partial charge in [-0.3, -0.25) is 0 Å². The zero-order valence-electron chi connectivity index (χ0n) is 13.0. The van der Waals surface area contributed by atoms with Crippen molar-refractivity contribution in [1.29, 1.82) is 0 Å². The number of hydrogen-bond donors (Lipinski definition) is 0. The van der Waals surface area contributed by atoms with Crippen LogP contribution in [0.1, 0.15) is 5.69 Å². The lowest BCUT2D eigenvalue weighted by atomic mass is 10.0.